The molecule has 0 amide bonds. The van der Waals surface area contributed by atoms with Crippen molar-refractivity contribution in [1.29, 1.82) is 0 Å². The highest BCUT2D eigenvalue weighted by atomic mass is 35.5. The fourth-order valence-electron chi connectivity index (χ4n) is 1.91. The van der Waals surface area contributed by atoms with Gasteiger partial charge in [-0.15, -0.1) is 0 Å². The fourth-order valence-corrected chi connectivity index (χ4v) is 2.32. The SMILES string of the molecule is Cc1nn(-c2c(Cl)cc([N+](=O)[O-])cc2C(=O)O)c(C)c1Cl. The highest BCUT2D eigenvalue weighted by Crippen LogP contribution is 2.32. The lowest BCUT2D eigenvalue weighted by atomic mass is 10.1. The Morgan fingerprint density at radius 3 is 2.43 bits per heavy atom. The van der Waals surface area contributed by atoms with E-state index < -0.39 is 16.6 Å². The minimum Gasteiger partial charge on any atom is -0.478 e. The van der Waals surface area contributed by atoms with Gasteiger partial charge in [-0.25, -0.2) is 9.48 Å². The van der Waals surface area contributed by atoms with Crippen LogP contribution in [0.2, 0.25) is 10.0 Å². The maximum atomic E-state index is 11.4. The number of aromatic carboxylic acids is 1. The zero-order chi connectivity index (χ0) is 15.9. The van der Waals surface area contributed by atoms with E-state index in [1.165, 1.54) is 4.68 Å². The summed E-state index contributed by atoms with van der Waals surface area (Å²) in [6, 6.07) is 2.02. The molecular weight excluding hydrogens is 321 g/mol. The zero-order valence-corrected chi connectivity index (χ0v) is 12.4. The van der Waals surface area contributed by atoms with Crippen LogP contribution in [0.4, 0.5) is 5.69 Å². The third-order valence-corrected chi connectivity index (χ3v) is 3.74. The van der Waals surface area contributed by atoms with Gasteiger partial charge in [0.25, 0.3) is 5.69 Å². The molecular formula is C12H9Cl2N3O4. The topological polar surface area (TPSA) is 98.3 Å². The number of hydrogen-bond acceptors (Lipinski definition) is 4. The van der Waals surface area contributed by atoms with E-state index >= 15 is 0 Å². The molecule has 0 spiro atoms. The third-order valence-electron chi connectivity index (χ3n) is 2.90. The predicted molar refractivity (Wildman–Crippen MR) is 76.7 cm³/mol. The number of carbonyl (C=O) groups is 1. The van der Waals surface area contributed by atoms with Crippen molar-refractivity contribution in [2.45, 2.75) is 13.8 Å². The number of benzene rings is 1. The van der Waals surface area contributed by atoms with Gasteiger partial charge >= 0.3 is 5.97 Å². The Hall–Kier alpha value is -2.12. The normalized spacial score (nSPS) is 10.7. The predicted octanol–water partition coefficient (Wildman–Crippen LogP) is 3.40. The van der Waals surface area contributed by atoms with E-state index in [-0.39, 0.29) is 16.3 Å². The Morgan fingerprint density at radius 2 is 2.00 bits per heavy atom. The lowest BCUT2D eigenvalue weighted by molar-refractivity contribution is -0.384. The van der Waals surface area contributed by atoms with Crippen LogP contribution >= 0.6 is 23.2 Å². The van der Waals surface area contributed by atoms with Gasteiger partial charge in [0.1, 0.15) is 0 Å². The van der Waals surface area contributed by atoms with Crippen molar-refractivity contribution in [1.82, 2.24) is 9.78 Å². The van der Waals surface area contributed by atoms with Crippen LogP contribution in [0.25, 0.3) is 5.69 Å². The van der Waals surface area contributed by atoms with E-state index in [2.05, 4.69) is 5.10 Å². The first kappa shape index (κ1) is 15.3. The number of aryl methyl sites for hydroxylation is 1. The molecule has 0 aliphatic carbocycles. The molecule has 0 atom stereocenters. The largest absolute Gasteiger partial charge is 0.478 e. The number of nitro benzene ring substituents is 1. The second kappa shape index (κ2) is 5.34. The summed E-state index contributed by atoms with van der Waals surface area (Å²) in [7, 11) is 0. The van der Waals surface area contributed by atoms with Crippen molar-refractivity contribution >= 4 is 34.9 Å². The van der Waals surface area contributed by atoms with Crippen molar-refractivity contribution in [2.24, 2.45) is 0 Å². The standard InChI is InChI=1S/C12H9Cl2N3O4/c1-5-10(14)6(2)16(15-5)11-8(12(18)19)3-7(17(20)21)4-9(11)13/h3-4H,1-2H3,(H,18,19). The van der Waals surface area contributed by atoms with Crippen molar-refractivity contribution in [3.63, 3.8) is 0 Å². The van der Waals surface area contributed by atoms with Crippen LogP contribution < -0.4 is 0 Å². The minimum absolute atomic E-state index is 0.0438. The Morgan fingerprint density at radius 1 is 1.38 bits per heavy atom. The van der Waals surface area contributed by atoms with Gasteiger partial charge < -0.3 is 5.11 Å². The van der Waals surface area contributed by atoms with E-state index in [0.717, 1.165) is 12.1 Å². The maximum absolute atomic E-state index is 11.4. The van der Waals surface area contributed by atoms with Crippen LogP contribution in [0.5, 0.6) is 0 Å². The highest BCUT2D eigenvalue weighted by molar-refractivity contribution is 6.33. The molecule has 0 saturated heterocycles. The van der Waals surface area contributed by atoms with Crippen LogP contribution in [0, 0.1) is 24.0 Å². The lowest BCUT2D eigenvalue weighted by Crippen LogP contribution is -2.10. The van der Waals surface area contributed by atoms with Gasteiger partial charge in [0.15, 0.2) is 0 Å². The van der Waals surface area contributed by atoms with Crippen LogP contribution in [-0.4, -0.2) is 25.8 Å². The van der Waals surface area contributed by atoms with Gasteiger partial charge in [0, 0.05) is 12.1 Å². The summed E-state index contributed by atoms with van der Waals surface area (Å²) in [6.45, 7) is 3.30. The maximum Gasteiger partial charge on any atom is 0.338 e. The molecule has 1 aromatic heterocycles. The number of aromatic nitrogens is 2. The van der Waals surface area contributed by atoms with E-state index in [1.807, 2.05) is 0 Å². The van der Waals surface area contributed by atoms with E-state index in [4.69, 9.17) is 23.2 Å². The Balaban J connectivity index is 2.82. The number of hydrogen-bond donors (Lipinski definition) is 1. The Bertz CT molecular complexity index is 770. The summed E-state index contributed by atoms with van der Waals surface area (Å²) in [6.07, 6.45) is 0. The van der Waals surface area contributed by atoms with Gasteiger partial charge in [-0.1, -0.05) is 23.2 Å². The average molecular weight is 330 g/mol. The molecule has 2 rings (SSSR count). The number of rotatable bonds is 3. The first-order chi connectivity index (χ1) is 9.73. The number of carboxylic acid groups (broad SMARTS) is 1. The first-order valence-electron chi connectivity index (χ1n) is 5.67. The lowest BCUT2D eigenvalue weighted by Gasteiger charge is -2.10. The molecule has 110 valence electrons. The molecule has 0 radical (unpaired) electrons. The van der Waals surface area contributed by atoms with E-state index in [0.29, 0.717) is 16.4 Å². The molecule has 9 heteroatoms. The molecule has 0 fully saturated rings. The summed E-state index contributed by atoms with van der Waals surface area (Å²) in [5.41, 5.74) is 0.305. The molecule has 0 saturated carbocycles. The molecule has 1 N–H and O–H groups in total. The molecule has 0 unspecified atom stereocenters. The number of nitro groups is 1. The van der Waals surface area contributed by atoms with Crippen LogP contribution in [0.3, 0.4) is 0 Å². The molecule has 0 bridgehead atoms. The molecule has 0 aliphatic rings. The fraction of sp³-hybridized carbons (Fsp3) is 0.167. The Kier molecular flexibility index (Phi) is 3.89. The molecule has 1 aromatic carbocycles. The van der Waals surface area contributed by atoms with Gasteiger partial charge in [0.2, 0.25) is 0 Å². The number of carboxylic acids is 1. The van der Waals surface area contributed by atoms with Gasteiger partial charge in [-0.2, -0.15) is 5.10 Å². The molecule has 1 heterocycles. The smallest absolute Gasteiger partial charge is 0.338 e. The van der Waals surface area contributed by atoms with Crippen molar-refractivity contribution < 1.29 is 14.8 Å². The number of non-ortho nitro benzene ring substituents is 1. The summed E-state index contributed by atoms with van der Waals surface area (Å²) in [4.78, 5) is 21.5. The van der Waals surface area contributed by atoms with E-state index in [9.17, 15) is 20.0 Å². The van der Waals surface area contributed by atoms with Crippen LogP contribution in [0.15, 0.2) is 12.1 Å². The van der Waals surface area contributed by atoms with Crippen molar-refractivity contribution in [3.8, 4) is 5.69 Å². The number of nitrogens with zero attached hydrogens (tertiary/aromatic N) is 3. The third kappa shape index (κ3) is 2.57. The second-order valence-electron chi connectivity index (χ2n) is 4.28. The molecule has 0 aliphatic heterocycles. The average Bonchev–Trinajstić information content (AvgIpc) is 2.65. The molecule has 21 heavy (non-hydrogen) atoms. The highest BCUT2D eigenvalue weighted by Gasteiger charge is 2.24. The summed E-state index contributed by atoms with van der Waals surface area (Å²) < 4.78 is 1.27. The Labute approximate surface area is 128 Å². The van der Waals surface area contributed by atoms with Crippen molar-refractivity contribution in [3.05, 3.63) is 49.2 Å². The van der Waals surface area contributed by atoms with Gasteiger partial charge in [0.05, 0.1) is 37.6 Å². The summed E-state index contributed by atoms with van der Waals surface area (Å²) >= 11 is 12.1. The minimum atomic E-state index is -1.35. The van der Waals surface area contributed by atoms with Gasteiger partial charge in [-0.05, 0) is 13.8 Å². The first-order valence-corrected chi connectivity index (χ1v) is 6.43. The molecule has 2 aromatic rings. The van der Waals surface area contributed by atoms with Crippen molar-refractivity contribution in [2.75, 3.05) is 0 Å². The van der Waals surface area contributed by atoms with Crippen LogP contribution in [-0.2, 0) is 0 Å². The second-order valence-corrected chi connectivity index (χ2v) is 5.07. The summed E-state index contributed by atoms with van der Waals surface area (Å²) in [5.74, 6) is -1.35. The van der Waals surface area contributed by atoms with Crippen LogP contribution in [0.1, 0.15) is 21.7 Å². The van der Waals surface area contributed by atoms with Gasteiger partial charge in [-0.3, -0.25) is 10.1 Å². The zero-order valence-electron chi connectivity index (χ0n) is 10.9. The summed E-state index contributed by atoms with van der Waals surface area (Å²) in [5, 5.41) is 24.5. The monoisotopic (exact) mass is 329 g/mol. The quantitative estimate of drug-likeness (QED) is 0.687. The number of halogens is 2. The van der Waals surface area contributed by atoms with E-state index in [1.54, 1.807) is 13.8 Å². The molecule has 7 nitrogen and oxygen atoms in total.